The molecule has 0 fully saturated rings. The Morgan fingerprint density at radius 1 is 0.339 bits per heavy atom. The van der Waals surface area contributed by atoms with Gasteiger partial charge in [-0.15, -0.1) is 0 Å². The van der Waals surface area contributed by atoms with Crippen molar-refractivity contribution in [3.63, 3.8) is 0 Å². The predicted molar refractivity (Wildman–Crippen MR) is 247 cm³/mol. The fraction of sp³-hybridized carbons (Fsp3) is 0.148. The van der Waals surface area contributed by atoms with E-state index in [9.17, 15) is 0 Å². The van der Waals surface area contributed by atoms with Gasteiger partial charge in [0.1, 0.15) is 22.7 Å². The minimum Gasteiger partial charge on any atom is -0.488 e. The van der Waals surface area contributed by atoms with Crippen LogP contribution in [0.2, 0.25) is 0 Å². The van der Waals surface area contributed by atoms with Crippen molar-refractivity contribution in [2.75, 3.05) is 9.80 Å². The second kappa shape index (κ2) is 18.3. The number of benzene rings is 7. The van der Waals surface area contributed by atoms with E-state index in [1.165, 1.54) is 12.2 Å². The van der Waals surface area contributed by atoms with E-state index in [2.05, 4.69) is 9.80 Å². The topological polar surface area (TPSA) is 24.9 Å². The molecular weight excluding hydrogens is 785 g/mol. The first-order valence-corrected chi connectivity index (χ1v) is 20.3. The van der Waals surface area contributed by atoms with Crippen molar-refractivity contribution in [1.82, 2.24) is 0 Å². The highest BCUT2D eigenvalue weighted by Crippen LogP contribution is 2.38. The highest BCUT2D eigenvalue weighted by atomic mass is 19.2. The third kappa shape index (κ3) is 10.4. The van der Waals surface area contributed by atoms with Crippen LogP contribution in [-0.4, -0.2) is 11.2 Å². The van der Waals surface area contributed by atoms with Gasteiger partial charge >= 0.3 is 0 Å². The molecular formula is C54H48F4N2O2. The summed E-state index contributed by atoms with van der Waals surface area (Å²) >= 11 is 0. The minimum absolute atomic E-state index is 0.342. The van der Waals surface area contributed by atoms with Gasteiger partial charge in [0.25, 0.3) is 0 Å². The third-order valence-corrected chi connectivity index (χ3v) is 9.59. The molecule has 0 amide bonds. The van der Waals surface area contributed by atoms with Gasteiger partial charge < -0.3 is 19.3 Å². The number of para-hydroxylation sites is 2. The average molecular weight is 833 g/mol. The van der Waals surface area contributed by atoms with Crippen LogP contribution in [0.1, 0.15) is 63.8 Å². The minimum atomic E-state index is -1.49. The second-order valence-electron chi connectivity index (χ2n) is 16.7. The van der Waals surface area contributed by atoms with Crippen molar-refractivity contribution in [2.24, 2.45) is 0 Å². The first-order chi connectivity index (χ1) is 29.6. The zero-order chi connectivity index (χ0) is 44.0. The number of nitrogens with zero attached hydrogens (tertiary/aromatic N) is 2. The molecule has 7 aromatic rings. The highest BCUT2D eigenvalue weighted by Gasteiger charge is 2.23. The summed E-state index contributed by atoms with van der Waals surface area (Å²) in [7, 11) is 0. The summed E-state index contributed by atoms with van der Waals surface area (Å²) in [6.45, 7) is 11.9. The summed E-state index contributed by atoms with van der Waals surface area (Å²) < 4.78 is 73.9. The zero-order valence-corrected chi connectivity index (χ0v) is 35.5. The van der Waals surface area contributed by atoms with Crippen molar-refractivity contribution in [1.29, 1.82) is 0 Å². The van der Waals surface area contributed by atoms with Crippen LogP contribution in [0, 0.1) is 23.3 Å². The maximum absolute atomic E-state index is 15.5. The van der Waals surface area contributed by atoms with Crippen molar-refractivity contribution in [3.05, 3.63) is 203 Å². The smallest absolute Gasteiger partial charge is 0.169 e. The largest absolute Gasteiger partial charge is 0.488 e. The lowest BCUT2D eigenvalue weighted by Crippen LogP contribution is -2.22. The van der Waals surface area contributed by atoms with Crippen molar-refractivity contribution < 1.29 is 27.0 Å². The molecule has 0 bridgehead atoms. The SMILES string of the molecule is CC(C)(C)Oc1ccc(N(c2ccccc2)c2ccc(C=Cc3c(F)c(F)c(C=Cc4ccc(N(c5ccccc5)c5ccc(OC(C)(C)C)cc5)cc4)c(F)c3F)cc2)cc1. The summed E-state index contributed by atoms with van der Waals surface area (Å²) in [4.78, 5) is 4.12. The average Bonchev–Trinajstić information content (AvgIpc) is 3.25. The summed E-state index contributed by atoms with van der Waals surface area (Å²) in [6.07, 6.45) is 4.92. The molecule has 62 heavy (non-hydrogen) atoms. The fourth-order valence-corrected chi connectivity index (χ4v) is 6.87. The van der Waals surface area contributed by atoms with Crippen LogP contribution in [0.25, 0.3) is 24.3 Å². The van der Waals surface area contributed by atoms with Gasteiger partial charge in [-0.1, -0.05) is 72.8 Å². The monoisotopic (exact) mass is 832 g/mol. The quantitative estimate of drug-likeness (QED) is 0.0696. The molecule has 4 nitrogen and oxygen atoms in total. The summed E-state index contributed by atoms with van der Waals surface area (Å²) in [5.41, 5.74) is 4.09. The van der Waals surface area contributed by atoms with Crippen LogP contribution >= 0.6 is 0 Å². The van der Waals surface area contributed by atoms with E-state index in [-0.39, 0.29) is 11.2 Å². The lowest BCUT2D eigenvalue weighted by Gasteiger charge is -2.26. The molecule has 0 aliphatic rings. The highest BCUT2D eigenvalue weighted by molar-refractivity contribution is 5.80. The maximum atomic E-state index is 15.5. The number of ether oxygens (including phenoxy) is 2. The number of halogens is 4. The van der Waals surface area contributed by atoms with Crippen molar-refractivity contribution in [2.45, 2.75) is 52.7 Å². The Hall–Kier alpha value is -7.06. The van der Waals surface area contributed by atoms with Gasteiger partial charge in [0.05, 0.1) is 11.1 Å². The van der Waals surface area contributed by atoms with E-state index in [1.807, 2.05) is 175 Å². The molecule has 0 saturated heterocycles. The molecule has 0 spiro atoms. The van der Waals surface area contributed by atoms with Crippen LogP contribution in [0.15, 0.2) is 158 Å². The van der Waals surface area contributed by atoms with E-state index in [0.29, 0.717) is 11.1 Å². The van der Waals surface area contributed by atoms with Gasteiger partial charge in [-0.3, -0.25) is 0 Å². The molecule has 8 heteroatoms. The first kappa shape index (κ1) is 43.0. The molecule has 0 aliphatic heterocycles. The Labute approximate surface area is 361 Å². The number of rotatable bonds is 12. The molecule has 0 aromatic heterocycles. The third-order valence-electron chi connectivity index (χ3n) is 9.59. The molecule has 0 N–H and O–H groups in total. The van der Waals surface area contributed by atoms with Crippen LogP contribution < -0.4 is 19.3 Å². The van der Waals surface area contributed by atoms with Gasteiger partial charge in [0, 0.05) is 34.1 Å². The predicted octanol–water partition coefficient (Wildman–Crippen LogP) is 15.9. The Morgan fingerprint density at radius 2 is 0.597 bits per heavy atom. The van der Waals surface area contributed by atoms with Crippen LogP contribution in [0.3, 0.4) is 0 Å². The van der Waals surface area contributed by atoms with Gasteiger partial charge in [0.15, 0.2) is 23.3 Å². The van der Waals surface area contributed by atoms with Gasteiger partial charge in [0.2, 0.25) is 0 Å². The van der Waals surface area contributed by atoms with E-state index < -0.39 is 34.4 Å². The number of anilines is 6. The van der Waals surface area contributed by atoms with E-state index in [0.717, 1.165) is 57.8 Å². The van der Waals surface area contributed by atoms with Crippen molar-refractivity contribution >= 4 is 58.4 Å². The van der Waals surface area contributed by atoms with Crippen LogP contribution in [0.4, 0.5) is 51.7 Å². The Bertz CT molecular complexity index is 2430. The molecule has 0 aliphatic carbocycles. The molecule has 0 saturated carbocycles. The molecule has 0 heterocycles. The van der Waals surface area contributed by atoms with Gasteiger partial charge in [-0.25, -0.2) is 17.6 Å². The maximum Gasteiger partial charge on any atom is 0.169 e. The number of hydrogen-bond donors (Lipinski definition) is 0. The molecule has 0 atom stereocenters. The molecule has 314 valence electrons. The van der Waals surface area contributed by atoms with Gasteiger partial charge in [-0.05, 0) is 162 Å². The molecule has 7 rings (SSSR count). The summed E-state index contributed by atoms with van der Waals surface area (Å²) in [5, 5.41) is 0. The first-order valence-electron chi connectivity index (χ1n) is 20.3. The lowest BCUT2D eigenvalue weighted by atomic mass is 10.0. The molecule has 0 radical (unpaired) electrons. The van der Waals surface area contributed by atoms with E-state index in [4.69, 9.17) is 9.47 Å². The van der Waals surface area contributed by atoms with E-state index in [1.54, 1.807) is 24.3 Å². The second-order valence-corrected chi connectivity index (χ2v) is 16.7. The normalized spacial score (nSPS) is 11.9. The summed E-state index contributed by atoms with van der Waals surface area (Å²) in [5.74, 6) is -4.46. The van der Waals surface area contributed by atoms with Crippen LogP contribution in [-0.2, 0) is 0 Å². The Morgan fingerprint density at radius 3 is 0.871 bits per heavy atom. The molecule has 0 unspecified atom stereocenters. The van der Waals surface area contributed by atoms with Gasteiger partial charge in [-0.2, -0.15) is 0 Å². The van der Waals surface area contributed by atoms with Crippen LogP contribution in [0.5, 0.6) is 11.5 Å². The Balaban J connectivity index is 1.09. The lowest BCUT2D eigenvalue weighted by molar-refractivity contribution is 0.130. The van der Waals surface area contributed by atoms with Crippen molar-refractivity contribution in [3.8, 4) is 11.5 Å². The fourth-order valence-electron chi connectivity index (χ4n) is 6.87. The zero-order valence-electron chi connectivity index (χ0n) is 35.5. The Kier molecular flexibility index (Phi) is 12.7. The summed E-state index contributed by atoms with van der Waals surface area (Å²) in [6, 6.07) is 49.7. The number of hydrogen-bond acceptors (Lipinski definition) is 4. The molecule has 7 aromatic carbocycles. The van der Waals surface area contributed by atoms with E-state index >= 15 is 17.6 Å². The standard InChI is InChI=1S/C54H48F4N2O2/c1-53(2,3)61-45-31-27-43(28-32-45)59(39-13-9-7-10-14-39)41-23-17-37(18-24-41)21-35-47-49(55)51(57)48(52(58)50(47)56)36-22-38-19-25-42(26-20-38)60(40-15-11-8-12-16-40)44-29-33-46(34-30-44)62-54(4,5)6/h7-36H,1-6H3.